The van der Waals surface area contributed by atoms with Crippen molar-refractivity contribution in [1.29, 1.82) is 0 Å². The zero-order valence-electron chi connectivity index (χ0n) is 9.15. The minimum Gasteiger partial charge on any atom is -0.440 e. The third kappa shape index (κ3) is 1.69. The summed E-state index contributed by atoms with van der Waals surface area (Å²) in [6, 6.07) is 4.42. The molecule has 0 spiro atoms. The van der Waals surface area contributed by atoms with Gasteiger partial charge in [-0.25, -0.2) is 13.9 Å². The monoisotopic (exact) mass is 247 g/mol. The van der Waals surface area contributed by atoms with Crippen molar-refractivity contribution in [2.75, 3.05) is 11.4 Å². The summed E-state index contributed by atoms with van der Waals surface area (Å²) in [4.78, 5) is 12.6. The molecule has 1 radical (unpaired) electrons. The van der Waals surface area contributed by atoms with Gasteiger partial charge in [-0.05, 0) is 18.2 Å². The van der Waals surface area contributed by atoms with Gasteiger partial charge in [-0.2, -0.15) is 0 Å². The quantitative estimate of drug-likeness (QED) is 0.807. The first-order valence-electron chi connectivity index (χ1n) is 5.22. The molecule has 6 nitrogen and oxygen atoms in total. The van der Waals surface area contributed by atoms with Crippen LogP contribution in [0.1, 0.15) is 0 Å². The number of cyclic esters (lactones) is 1. The zero-order chi connectivity index (χ0) is 12.5. The Hall–Kier alpha value is -2.44. The Balaban J connectivity index is 1.96. The first-order chi connectivity index (χ1) is 8.75. The summed E-state index contributed by atoms with van der Waals surface area (Å²) < 4.78 is 19.9. The number of carbonyl (C=O) groups is 1. The average molecular weight is 247 g/mol. The van der Waals surface area contributed by atoms with Gasteiger partial charge >= 0.3 is 6.09 Å². The molecule has 0 atom stereocenters. The summed E-state index contributed by atoms with van der Waals surface area (Å²) in [5.74, 6) is -0.488. The number of amides is 1. The van der Waals surface area contributed by atoms with Gasteiger partial charge in [0.15, 0.2) is 12.4 Å². The number of aromatic nitrogens is 3. The Bertz CT molecular complexity index is 585. The number of hydrogen-bond donors (Lipinski definition) is 0. The Morgan fingerprint density at radius 2 is 2.28 bits per heavy atom. The fraction of sp³-hybridized carbons (Fsp3) is 0.0909. The second-order valence-electron chi connectivity index (χ2n) is 3.64. The van der Waals surface area contributed by atoms with Crippen LogP contribution in [-0.2, 0) is 4.74 Å². The first-order valence-corrected chi connectivity index (χ1v) is 5.22. The van der Waals surface area contributed by atoms with Crippen LogP contribution in [0.3, 0.4) is 0 Å². The molecule has 0 bridgehead atoms. The molecule has 1 aromatic heterocycles. The number of carbonyl (C=O) groups excluding carboxylic acids is 1. The number of hydrogen-bond acceptors (Lipinski definition) is 4. The molecule has 7 heteroatoms. The SMILES string of the molecule is O=C1O[CH]CN1c1ccc(-n2ccnn2)c(F)c1. The van der Waals surface area contributed by atoms with E-state index in [1.165, 1.54) is 40.7 Å². The lowest BCUT2D eigenvalue weighted by atomic mass is 10.2. The van der Waals surface area contributed by atoms with Crippen LogP contribution >= 0.6 is 0 Å². The number of halogens is 1. The Morgan fingerprint density at radius 3 is 2.89 bits per heavy atom. The van der Waals surface area contributed by atoms with E-state index in [1.807, 2.05) is 0 Å². The van der Waals surface area contributed by atoms with Crippen molar-refractivity contribution >= 4 is 11.8 Å². The predicted molar refractivity (Wildman–Crippen MR) is 59.4 cm³/mol. The maximum Gasteiger partial charge on any atom is 0.414 e. The Labute approximate surface area is 102 Å². The Morgan fingerprint density at radius 1 is 1.39 bits per heavy atom. The Kier molecular flexibility index (Phi) is 2.44. The topological polar surface area (TPSA) is 60.2 Å². The highest BCUT2D eigenvalue weighted by Gasteiger charge is 2.24. The van der Waals surface area contributed by atoms with Crippen molar-refractivity contribution in [2.24, 2.45) is 0 Å². The van der Waals surface area contributed by atoms with E-state index in [4.69, 9.17) is 0 Å². The number of nitrogens with zero attached hydrogens (tertiary/aromatic N) is 4. The molecule has 18 heavy (non-hydrogen) atoms. The molecule has 1 aliphatic heterocycles. The maximum absolute atomic E-state index is 13.9. The van der Waals surface area contributed by atoms with Crippen molar-refractivity contribution < 1.29 is 13.9 Å². The van der Waals surface area contributed by atoms with Crippen LogP contribution in [0.15, 0.2) is 30.6 Å². The van der Waals surface area contributed by atoms with Crippen LogP contribution in [0.4, 0.5) is 14.9 Å². The number of anilines is 1. The third-order valence-electron chi connectivity index (χ3n) is 2.57. The molecule has 0 N–H and O–H groups in total. The second kappa shape index (κ2) is 4.10. The lowest BCUT2D eigenvalue weighted by Gasteiger charge is -2.13. The fourth-order valence-corrected chi connectivity index (χ4v) is 1.72. The van der Waals surface area contributed by atoms with E-state index in [2.05, 4.69) is 15.0 Å². The van der Waals surface area contributed by atoms with Gasteiger partial charge in [-0.15, -0.1) is 5.10 Å². The average Bonchev–Trinajstić information content (AvgIpc) is 2.99. The van der Waals surface area contributed by atoms with E-state index >= 15 is 0 Å². The first kappa shape index (κ1) is 10.7. The van der Waals surface area contributed by atoms with Gasteiger partial charge < -0.3 is 4.74 Å². The highest BCUT2D eigenvalue weighted by atomic mass is 19.1. The van der Waals surface area contributed by atoms with Crippen LogP contribution in [-0.4, -0.2) is 27.6 Å². The molecular formula is C11H8FN4O2. The standard InChI is InChI=1S/C11H8FN4O2/c12-9-7-8(15-5-6-18-11(15)17)1-2-10(9)16-4-3-13-14-16/h1-4,6-7H,5H2. The van der Waals surface area contributed by atoms with Crippen molar-refractivity contribution in [2.45, 2.75) is 0 Å². The van der Waals surface area contributed by atoms with E-state index in [0.717, 1.165) is 0 Å². The number of benzene rings is 1. The van der Waals surface area contributed by atoms with Crippen LogP contribution in [0.25, 0.3) is 5.69 Å². The van der Waals surface area contributed by atoms with Gasteiger partial charge in [-0.3, -0.25) is 4.90 Å². The minimum absolute atomic E-state index is 0.271. The van der Waals surface area contributed by atoms with Crippen LogP contribution in [0, 0.1) is 12.4 Å². The highest BCUT2D eigenvalue weighted by Crippen LogP contribution is 2.23. The van der Waals surface area contributed by atoms with E-state index in [-0.39, 0.29) is 5.69 Å². The molecular weight excluding hydrogens is 239 g/mol. The molecule has 0 unspecified atom stereocenters. The number of rotatable bonds is 2. The van der Waals surface area contributed by atoms with Crippen LogP contribution < -0.4 is 4.90 Å². The molecule has 2 aromatic rings. The maximum atomic E-state index is 13.9. The molecule has 1 amide bonds. The van der Waals surface area contributed by atoms with E-state index in [9.17, 15) is 9.18 Å². The molecule has 3 rings (SSSR count). The van der Waals surface area contributed by atoms with Crippen LogP contribution in [0.5, 0.6) is 0 Å². The highest BCUT2D eigenvalue weighted by molar-refractivity contribution is 5.90. The lowest BCUT2D eigenvalue weighted by Crippen LogP contribution is -2.23. The summed E-state index contributed by atoms with van der Waals surface area (Å²) in [6.45, 7) is 1.67. The van der Waals surface area contributed by atoms with Gasteiger partial charge in [0, 0.05) is 0 Å². The van der Waals surface area contributed by atoms with Crippen molar-refractivity contribution in [1.82, 2.24) is 15.0 Å². The molecule has 0 saturated carbocycles. The zero-order valence-corrected chi connectivity index (χ0v) is 9.15. The van der Waals surface area contributed by atoms with Crippen molar-refractivity contribution in [3.8, 4) is 5.69 Å². The summed E-state index contributed by atoms with van der Waals surface area (Å²) in [5.41, 5.74) is 0.711. The molecule has 91 valence electrons. The minimum atomic E-state index is -0.511. The van der Waals surface area contributed by atoms with Gasteiger partial charge in [0.1, 0.15) is 5.69 Å². The van der Waals surface area contributed by atoms with Gasteiger partial charge in [0.25, 0.3) is 0 Å². The summed E-state index contributed by atoms with van der Waals surface area (Å²) in [5, 5.41) is 7.31. The smallest absolute Gasteiger partial charge is 0.414 e. The molecule has 1 aliphatic rings. The molecule has 1 fully saturated rings. The second-order valence-corrected chi connectivity index (χ2v) is 3.64. The van der Waals surface area contributed by atoms with Gasteiger partial charge in [0.2, 0.25) is 0 Å². The van der Waals surface area contributed by atoms with Gasteiger partial charge in [0.05, 0.1) is 24.6 Å². The van der Waals surface area contributed by atoms with Crippen molar-refractivity contribution in [3.05, 3.63) is 43.0 Å². The summed E-state index contributed by atoms with van der Waals surface area (Å²) in [6.07, 6.45) is 2.48. The third-order valence-corrected chi connectivity index (χ3v) is 2.57. The van der Waals surface area contributed by atoms with E-state index in [1.54, 1.807) is 6.07 Å². The largest absolute Gasteiger partial charge is 0.440 e. The van der Waals surface area contributed by atoms with E-state index in [0.29, 0.717) is 12.2 Å². The van der Waals surface area contributed by atoms with Gasteiger partial charge in [-0.1, -0.05) is 5.21 Å². The summed E-state index contributed by atoms with van der Waals surface area (Å²) in [7, 11) is 0. The van der Waals surface area contributed by atoms with Crippen LogP contribution in [0.2, 0.25) is 0 Å². The predicted octanol–water partition coefficient (Wildman–Crippen LogP) is 1.52. The van der Waals surface area contributed by atoms with E-state index < -0.39 is 11.9 Å². The molecule has 1 saturated heterocycles. The molecule has 1 aromatic carbocycles. The normalized spacial score (nSPS) is 14.9. The van der Waals surface area contributed by atoms with Crippen molar-refractivity contribution in [3.63, 3.8) is 0 Å². The summed E-state index contributed by atoms with van der Waals surface area (Å²) >= 11 is 0. The molecule has 0 aliphatic carbocycles. The lowest BCUT2D eigenvalue weighted by molar-refractivity contribution is 0.196. The number of ether oxygens (including phenoxy) is 1. The fourth-order valence-electron chi connectivity index (χ4n) is 1.72. The molecule has 2 heterocycles.